The first-order chi connectivity index (χ1) is 7.10. The van der Waals surface area contributed by atoms with Crippen molar-refractivity contribution in [2.75, 3.05) is 0 Å². The first-order valence-corrected chi connectivity index (χ1v) is 4.73. The van der Waals surface area contributed by atoms with Crippen molar-refractivity contribution >= 4 is 11.8 Å². The van der Waals surface area contributed by atoms with E-state index in [2.05, 4.69) is 10.1 Å². The molecule has 0 atom stereocenters. The van der Waals surface area contributed by atoms with Gasteiger partial charge in [-0.1, -0.05) is 0 Å². The largest absolute Gasteiger partial charge is 0.480 e. The first-order valence-electron chi connectivity index (χ1n) is 4.73. The fourth-order valence-corrected chi connectivity index (χ4v) is 1.89. The van der Waals surface area contributed by atoms with Gasteiger partial charge in [-0.25, -0.2) is 9.67 Å². The van der Waals surface area contributed by atoms with Crippen molar-refractivity contribution in [3.05, 3.63) is 12.2 Å². The topological polar surface area (TPSA) is 85.1 Å². The first kappa shape index (κ1) is 9.82. The Balaban J connectivity index is 2.43. The fraction of sp³-hybridized carbons (Fsp3) is 0.556. The van der Waals surface area contributed by atoms with Crippen LogP contribution in [0, 0.1) is 0 Å². The lowest BCUT2D eigenvalue weighted by Crippen LogP contribution is -2.50. The molecule has 80 valence electrons. The summed E-state index contributed by atoms with van der Waals surface area (Å²) >= 11 is 0. The molecule has 1 aliphatic carbocycles. The van der Waals surface area contributed by atoms with Gasteiger partial charge >= 0.3 is 5.97 Å². The van der Waals surface area contributed by atoms with Crippen LogP contribution in [-0.2, 0) is 21.5 Å². The number of hydrogen-bond donors (Lipinski definition) is 1. The summed E-state index contributed by atoms with van der Waals surface area (Å²) in [5, 5.41) is 13.1. The quantitative estimate of drug-likeness (QED) is 0.756. The molecule has 1 N–H and O–H groups in total. The molecule has 1 aromatic heterocycles. The molecule has 1 heterocycles. The van der Waals surface area contributed by atoms with E-state index >= 15 is 0 Å². The minimum atomic E-state index is -1.14. The van der Waals surface area contributed by atoms with Crippen molar-refractivity contribution in [2.45, 2.75) is 31.7 Å². The summed E-state index contributed by atoms with van der Waals surface area (Å²) in [5.41, 5.74) is -1.14. The second-order valence-electron chi connectivity index (χ2n) is 3.68. The number of ketones is 1. The lowest BCUT2D eigenvalue weighted by atomic mass is 9.67. The molecular weight excluding hydrogens is 198 g/mol. The second kappa shape index (κ2) is 3.15. The summed E-state index contributed by atoms with van der Waals surface area (Å²) in [5.74, 6) is -0.648. The average molecular weight is 209 g/mol. The third-order valence-corrected chi connectivity index (χ3v) is 2.75. The summed E-state index contributed by atoms with van der Waals surface area (Å²) in [6.07, 6.45) is 1.38. The summed E-state index contributed by atoms with van der Waals surface area (Å²) in [6, 6.07) is 0. The third-order valence-electron chi connectivity index (χ3n) is 2.75. The minimum absolute atomic E-state index is 0.0288. The van der Waals surface area contributed by atoms with Crippen LogP contribution in [0.3, 0.4) is 0 Å². The molecule has 0 aromatic carbocycles. The maximum Gasteiger partial charge on any atom is 0.318 e. The average Bonchev–Trinajstić information content (AvgIpc) is 2.59. The van der Waals surface area contributed by atoms with Crippen molar-refractivity contribution < 1.29 is 14.7 Å². The molecule has 0 unspecified atom stereocenters. The highest BCUT2D eigenvalue weighted by molar-refractivity contribution is 6.00. The Bertz CT molecular complexity index is 416. The highest BCUT2D eigenvalue weighted by Gasteiger charge is 2.54. The molecule has 0 saturated heterocycles. The Morgan fingerprint density at radius 1 is 1.67 bits per heavy atom. The van der Waals surface area contributed by atoms with Crippen molar-refractivity contribution in [3.8, 4) is 0 Å². The smallest absolute Gasteiger partial charge is 0.318 e. The fourth-order valence-electron chi connectivity index (χ4n) is 1.89. The predicted octanol–water partition coefficient (Wildman–Crippen LogP) is -0.0167. The maximum absolute atomic E-state index is 11.2. The van der Waals surface area contributed by atoms with Gasteiger partial charge in [-0.05, 0) is 6.92 Å². The summed E-state index contributed by atoms with van der Waals surface area (Å²) in [4.78, 5) is 26.1. The molecule has 0 radical (unpaired) electrons. The van der Waals surface area contributed by atoms with Crippen LogP contribution < -0.4 is 0 Å². The Morgan fingerprint density at radius 2 is 2.33 bits per heavy atom. The van der Waals surface area contributed by atoms with E-state index in [1.165, 1.54) is 11.0 Å². The zero-order valence-corrected chi connectivity index (χ0v) is 8.30. The molecule has 1 aliphatic rings. The van der Waals surface area contributed by atoms with Crippen LogP contribution in [0.25, 0.3) is 0 Å². The number of aryl methyl sites for hydroxylation is 1. The number of carboxylic acid groups (broad SMARTS) is 1. The van der Waals surface area contributed by atoms with Gasteiger partial charge < -0.3 is 5.11 Å². The van der Waals surface area contributed by atoms with Crippen LogP contribution in [0.5, 0.6) is 0 Å². The Hall–Kier alpha value is -1.72. The van der Waals surface area contributed by atoms with Gasteiger partial charge in [0.1, 0.15) is 23.3 Å². The molecule has 1 saturated carbocycles. The van der Waals surface area contributed by atoms with E-state index in [0.717, 1.165) is 0 Å². The second-order valence-corrected chi connectivity index (χ2v) is 3.68. The molecule has 2 rings (SSSR count). The van der Waals surface area contributed by atoms with E-state index < -0.39 is 11.4 Å². The van der Waals surface area contributed by atoms with Crippen LogP contribution in [0.1, 0.15) is 25.6 Å². The van der Waals surface area contributed by atoms with E-state index in [1.54, 1.807) is 0 Å². The van der Waals surface area contributed by atoms with Crippen molar-refractivity contribution in [1.82, 2.24) is 14.8 Å². The zero-order valence-electron chi connectivity index (χ0n) is 8.30. The van der Waals surface area contributed by atoms with Crippen molar-refractivity contribution in [1.29, 1.82) is 0 Å². The summed E-state index contributed by atoms with van der Waals surface area (Å²) < 4.78 is 1.53. The van der Waals surface area contributed by atoms with Crippen LogP contribution >= 0.6 is 0 Å². The molecule has 0 bridgehead atoms. The number of nitrogens with zero attached hydrogens (tertiary/aromatic N) is 3. The van der Waals surface area contributed by atoms with Crippen molar-refractivity contribution in [3.63, 3.8) is 0 Å². The molecule has 0 amide bonds. The molecule has 0 spiro atoms. The molecule has 0 aliphatic heterocycles. The van der Waals surface area contributed by atoms with Gasteiger partial charge in [0.05, 0.1) is 0 Å². The van der Waals surface area contributed by atoms with Crippen LogP contribution in [-0.4, -0.2) is 31.6 Å². The number of Topliss-reactive ketones (excluding diaryl/α,β-unsaturated/α-hetero) is 1. The lowest BCUT2D eigenvalue weighted by molar-refractivity contribution is -0.153. The van der Waals surface area contributed by atoms with Crippen LogP contribution in [0.4, 0.5) is 0 Å². The normalized spacial score (nSPS) is 18.6. The van der Waals surface area contributed by atoms with Gasteiger partial charge in [-0.2, -0.15) is 5.10 Å². The molecule has 15 heavy (non-hydrogen) atoms. The van der Waals surface area contributed by atoms with Crippen LogP contribution in [0.2, 0.25) is 0 Å². The van der Waals surface area contributed by atoms with Gasteiger partial charge in [0.2, 0.25) is 0 Å². The third kappa shape index (κ3) is 1.25. The van der Waals surface area contributed by atoms with Gasteiger partial charge in [-0.3, -0.25) is 9.59 Å². The number of carbonyl (C=O) groups is 2. The molecule has 1 aromatic rings. The van der Waals surface area contributed by atoms with Gasteiger partial charge in [0.15, 0.2) is 0 Å². The SMILES string of the molecule is CCn1ncnc1C1(C(=O)O)CC(=O)C1. The highest BCUT2D eigenvalue weighted by Crippen LogP contribution is 2.40. The standard InChI is InChI=1S/C9H11N3O3/c1-2-12-7(10-5-11-12)9(8(14)15)3-6(13)4-9/h5H,2-4H2,1H3,(H,14,15). The highest BCUT2D eigenvalue weighted by atomic mass is 16.4. The number of aromatic nitrogens is 3. The van der Waals surface area contributed by atoms with E-state index in [4.69, 9.17) is 5.11 Å². The Labute approximate surface area is 85.9 Å². The molecule has 6 heteroatoms. The van der Waals surface area contributed by atoms with Gasteiger partial charge in [0, 0.05) is 19.4 Å². The monoisotopic (exact) mass is 209 g/mol. The number of aliphatic carboxylic acids is 1. The Morgan fingerprint density at radius 3 is 2.80 bits per heavy atom. The lowest BCUT2D eigenvalue weighted by Gasteiger charge is -2.34. The summed E-state index contributed by atoms with van der Waals surface area (Å²) in [7, 11) is 0. The number of carbonyl (C=O) groups excluding carboxylic acids is 1. The van der Waals surface area contributed by atoms with E-state index in [9.17, 15) is 9.59 Å². The molecular formula is C9H11N3O3. The van der Waals surface area contributed by atoms with E-state index in [0.29, 0.717) is 12.4 Å². The number of carboxylic acids is 1. The summed E-state index contributed by atoms with van der Waals surface area (Å²) in [6.45, 7) is 2.41. The maximum atomic E-state index is 11.2. The van der Waals surface area contributed by atoms with E-state index in [-0.39, 0.29) is 18.6 Å². The van der Waals surface area contributed by atoms with Crippen molar-refractivity contribution in [2.24, 2.45) is 0 Å². The van der Waals surface area contributed by atoms with E-state index in [1.807, 2.05) is 6.92 Å². The number of rotatable bonds is 3. The molecule has 1 fully saturated rings. The van der Waals surface area contributed by atoms with Crippen LogP contribution in [0.15, 0.2) is 6.33 Å². The molecule has 6 nitrogen and oxygen atoms in total. The van der Waals surface area contributed by atoms with Gasteiger partial charge in [-0.15, -0.1) is 0 Å². The number of hydrogen-bond acceptors (Lipinski definition) is 4. The zero-order chi connectivity index (χ0) is 11.1. The predicted molar refractivity (Wildman–Crippen MR) is 49.3 cm³/mol. The minimum Gasteiger partial charge on any atom is -0.480 e. The Kier molecular flexibility index (Phi) is 2.06. The van der Waals surface area contributed by atoms with Gasteiger partial charge in [0.25, 0.3) is 0 Å².